The van der Waals surface area contributed by atoms with E-state index in [1.807, 2.05) is 23.9 Å². The maximum Gasteiger partial charge on any atom is 0.137 e. The zero-order chi connectivity index (χ0) is 14.5. The Kier molecular flexibility index (Phi) is 4.07. The van der Waals surface area contributed by atoms with E-state index in [9.17, 15) is 0 Å². The third-order valence-corrected chi connectivity index (χ3v) is 3.65. The molecular weight excluding hydrogens is 260 g/mol. The van der Waals surface area contributed by atoms with Crippen molar-refractivity contribution < 1.29 is 0 Å². The molecule has 21 heavy (non-hydrogen) atoms. The Hall–Kier alpha value is -2.46. The quantitative estimate of drug-likeness (QED) is 0.780. The number of nitrogens with one attached hydrogen (secondary N) is 1. The van der Waals surface area contributed by atoms with E-state index in [0.29, 0.717) is 0 Å². The highest BCUT2D eigenvalue weighted by Gasteiger charge is 2.25. The Labute approximate surface area is 124 Å². The summed E-state index contributed by atoms with van der Waals surface area (Å²) in [6, 6.07) is 21.0. The van der Waals surface area contributed by atoms with E-state index in [2.05, 4.69) is 63.9 Å². The van der Waals surface area contributed by atoms with Crippen molar-refractivity contribution in [2.45, 2.75) is 12.1 Å². The molecule has 4 nitrogen and oxygen atoms in total. The van der Waals surface area contributed by atoms with Crippen LogP contribution in [0.1, 0.15) is 23.2 Å². The molecule has 0 aliphatic heterocycles. The van der Waals surface area contributed by atoms with Gasteiger partial charge in [0.1, 0.15) is 12.7 Å². The maximum absolute atomic E-state index is 4.35. The van der Waals surface area contributed by atoms with Gasteiger partial charge in [-0.25, -0.2) is 9.67 Å². The lowest BCUT2D eigenvalue weighted by atomic mass is 9.93. The zero-order valence-corrected chi connectivity index (χ0v) is 11.9. The van der Waals surface area contributed by atoms with Crippen molar-refractivity contribution in [3.63, 3.8) is 0 Å². The third-order valence-electron chi connectivity index (χ3n) is 3.65. The number of aromatic nitrogens is 3. The number of rotatable bonds is 5. The Bertz CT molecular complexity index is 650. The highest BCUT2D eigenvalue weighted by molar-refractivity contribution is 5.28. The van der Waals surface area contributed by atoms with Crippen LogP contribution in [-0.4, -0.2) is 21.8 Å². The fourth-order valence-electron chi connectivity index (χ4n) is 2.68. The molecule has 2 aromatic carbocycles. The Morgan fingerprint density at radius 1 is 0.905 bits per heavy atom. The Morgan fingerprint density at radius 3 is 2.05 bits per heavy atom. The Balaban J connectivity index is 2.06. The number of hydrogen-bond acceptors (Lipinski definition) is 3. The first-order valence-corrected chi connectivity index (χ1v) is 7.01. The van der Waals surface area contributed by atoms with Gasteiger partial charge in [-0.2, -0.15) is 5.10 Å². The van der Waals surface area contributed by atoms with Crippen LogP contribution in [0.25, 0.3) is 0 Å². The minimum Gasteiger partial charge on any atom is -0.311 e. The van der Waals surface area contributed by atoms with E-state index in [1.54, 1.807) is 12.7 Å². The van der Waals surface area contributed by atoms with Gasteiger partial charge in [-0.3, -0.25) is 0 Å². The summed E-state index contributed by atoms with van der Waals surface area (Å²) in [5.41, 5.74) is 2.43. The average Bonchev–Trinajstić information content (AvgIpc) is 3.08. The molecule has 0 fully saturated rings. The predicted molar refractivity (Wildman–Crippen MR) is 82.8 cm³/mol. The number of nitrogens with zero attached hydrogens (tertiary/aromatic N) is 3. The van der Waals surface area contributed by atoms with Crippen molar-refractivity contribution >= 4 is 0 Å². The van der Waals surface area contributed by atoms with Gasteiger partial charge in [-0.15, -0.1) is 0 Å². The zero-order valence-electron chi connectivity index (χ0n) is 11.9. The molecular formula is C17H18N4. The number of likely N-dealkylation sites (N-methyl/N-ethyl adjacent to an activating group) is 1. The summed E-state index contributed by atoms with van der Waals surface area (Å²) < 4.78 is 1.91. The smallest absolute Gasteiger partial charge is 0.137 e. The summed E-state index contributed by atoms with van der Waals surface area (Å²) in [4.78, 5) is 4.10. The minimum absolute atomic E-state index is 0.0566. The second kappa shape index (κ2) is 6.33. The lowest BCUT2D eigenvalue weighted by Crippen LogP contribution is -2.29. The Morgan fingerprint density at radius 2 is 1.52 bits per heavy atom. The molecule has 1 heterocycles. The van der Waals surface area contributed by atoms with Crippen LogP contribution in [0.2, 0.25) is 0 Å². The monoisotopic (exact) mass is 278 g/mol. The summed E-state index contributed by atoms with van der Waals surface area (Å²) in [5, 5.41) is 7.77. The first kappa shape index (κ1) is 13.5. The molecule has 0 spiro atoms. The third kappa shape index (κ3) is 2.85. The molecule has 4 heteroatoms. The molecule has 0 amide bonds. The van der Waals surface area contributed by atoms with Crippen LogP contribution in [0.3, 0.4) is 0 Å². The van der Waals surface area contributed by atoms with Gasteiger partial charge >= 0.3 is 0 Å². The van der Waals surface area contributed by atoms with Crippen molar-refractivity contribution in [1.82, 2.24) is 20.1 Å². The molecule has 0 aliphatic carbocycles. The lowest BCUT2D eigenvalue weighted by molar-refractivity contribution is 0.396. The first-order valence-electron chi connectivity index (χ1n) is 7.01. The first-order chi connectivity index (χ1) is 10.4. The van der Waals surface area contributed by atoms with Gasteiger partial charge in [0, 0.05) is 0 Å². The van der Waals surface area contributed by atoms with Gasteiger partial charge in [-0.1, -0.05) is 60.7 Å². The van der Waals surface area contributed by atoms with E-state index in [4.69, 9.17) is 0 Å². The van der Waals surface area contributed by atoms with Crippen molar-refractivity contribution in [1.29, 1.82) is 0 Å². The molecule has 0 aliphatic rings. The minimum atomic E-state index is 0.0566. The molecule has 3 aromatic rings. The van der Waals surface area contributed by atoms with E-state index >= 15 is 0 Å². The van der Waals surface area contributed by atoms with Crippen LogP contribution >= 0.6 is 0 Å². The molecule has 0 saturated heterocycles. The molecule has 1 N–H and O–H groups in total. The second-order valence-electron chi connectivity index (χ2n) is 4.91. The highest BCUT2D eigenvalue weighted by Crippen LogP contribution is 2.31. The van der Waals surface area contributed by atoms with Gasteiger partial charge in [-0.05, 0) is 18.2 Å². The van der Waals surface area contributed by atoms with Gasteiger partial charge in [0.2, 0.25) is 0 Å². The van der Waals surface area contributed by atoms with Crippen LogP contribution in [0.15, 0.2) is 73.3 Å². The average molecular weight is 278 g/mol. The van der Waals surface area contributed by atoms with E-state index in [-0.39, 0.29) is 12.1 Å². The van der Waals surface area contributed by atoms with E-state index in [1.165, 1.54) is 11.1 Å². The highest BCUT2D eigenvalue weighted by atomic mass is 15.3. The van der Waals surface area contributed by atoms with E-state index in [0.717, 1.165) is 0 Å². The molecule has 2 atom stereocenters. The fraction of sp³-hybridized carbons (Fsp3) is 0.176. The standard InChI is InChI=1S/C17H18N4/c1-18-16(14-8-4-2-5-9-14)17(21-13-19-12-20-21)15-10-6-3-7-11-15/h2-13,16-18H,1H3. The van der Waals surface area contributed by atoms with Crippen LogP contribution < -0.4 is 5.32 Å². The molecule has 0 radical (unpaired) electrons. The normalized spacial score (nSPS) is 13.8. The summed E-state index contributed by atoms with van der Waals surface area (Å²) in [7, 11) is 1.98. The summed E-state index contributed by atoms with van der Waals surface area (Å²) in [6.07, 6.45) is 3.35. The van der Waals surface area contributed by atoms with Crippen molar-refractivity contribution in [3.8, 4) is 0 Å². The fourth-order valence-corrected chi connectivity index (χ4v) is 2.68. The van der Waals surface area contributed by atoms with E-state index < -0.39 is 0 Å². The molecule has 106 valence electrons. The molecule has 2 unspecified atom stereocenters. The lowest BCUT2D eigenvalue weighted by Gasteiger charge is -2.27. The van der Waals surface area contributed by atoms with Crippen molar-refractivity contribution in [3.05, 3.63) is 84.4 Å². The molecule has 3 rings (SSSR count). The van der Waals surface area contributed by atoms with Gasteiger partial charge in [0.05, 0.1) is 12.1 Å². The summed E-state index contributed by atoms with van der Waals surface area (Å²) >= 11 is 0. The molecule has 0 saturated carbocycles. The van der Waals surface area contributed by atoms with Crippen molar-refractivity contribution in [2.75, 3.05) is 7.05 Å². The predicted octanol–water partition coefficient (Wildman–Crippen LogP) is 2.83. The number of benzene rings is 2. The van der Waals surface area contributed by atoms with Crippen LogP contribution in [0.5, 0.6) is 0 Å². The molecule has 0 bridgehead atoms. The molecule has 1 aromatic heterocycles. The van der Waals surface area contributed by atoms with Crippen molar-refractivity contribution in [2.24, 2.45) is 0 Å². The SMILES string of the molecule is CNC(c1ccccc1)C(c1ccccc1)n1cncn1. The number of hydrogen-bond donors (Lipinski definition) is 1. The van der Waals surface area contributed by atoms with Gasteiger partial charge < -0.3 is 5.32 Å². The largest absolute Gasteiger partial charge is 0.311 e. The van der Waals surface area contributed by atoms with Crippen LogP contribution in [0, 0.1) is 0 Å². The maximum atomic E-state index is 4.35. The summed E-state index contributed by atoms with van der Waals surface area (Å²) in [5.74, 6) is 0. The topological polar surface area (TPSA) is 42.7 Å². The van der Waals surface area contributed by atoms with Gasteiger partial charge in [0.15, 0.2) is 0 Å². The van der Waals surface area contributed by atoms with Crippen LogP contribution in [0.4, 0.5) is 0 Å². The summed E-state index contributed by atoms with van der Waals surface area (Å²) in [6.45, 7) is 0. The van der Waals surface area contributed by atoms with Crippen LogP contribution in [-0.2, 0) is 0 Å². The van der Waals surface area contributed by atoms with Gasteiger partial charge in [0.25, 0.3) is 0 Å². The second-order valence-corrected chi connectivity index (χ2v) is 4.91.